The highest BCUT2D eigenvalue weighted by atomic mass is 16.5. The van der Waals surface area contributed by atoms with E-state index in [2.05, 4.69) is 26.5 Å². The first kappa shape index (κ1) is 28.3. The van der Waals surface area contributed by atoms with E-state index >= 15 is 0 Å². The van der Waals surface area contributed by atoms with Crippen molar-refractivity contribution in [3.8, 4) is 0 Å². The molecule has 4 amide bonds. The van der Waals surface area contributed by atoms with Gasteiger partial charge in [-0.2, -0.15) is 5.10 Å². The summed E-state index contributed by atoms with van der Waals surface area (Å²) in [4.78, 5) is 59.9. The number of hydrazone groups is 1. The zero-order valence-corrected chi connectivity index (χ0v) is 21.2. The molecule has 3 rings (SSSR count). The third-order valence-corrected chi connectivity index (χ3v) is 5.18. The Balaban J connectivity index is 1.41. The molecule has 2 aromatic carbocycles. The molecule has 0 bridgehead atoms. The van der Waals surface area contributed by atoms with Crippen molar-refractivity contribution in [2.75, 3.05) is 11.9 Å². The first-order valence-corrected chi connectivity index (χ1v) is 11.9. The van der Waals surface area contributed by atoms with Crippen LogP contribution in [0, 0.1) is 0 Å². The number of ether oxygens (including phenoxy) is 1. The largest absolute Gasteiger partial charge is 0.462 e. The number of benzene rings is 2. The van der Waals surface area contributed by atoms with Gasteiger partial charge in [-0.3, -0.25) is 19.2 Å². The Morgan fingerprint density at radius 1 is 0.897 bits per heavy atom. The molecule has 0 spiro atoms. The number of rotatable bonds is 9. The maximum Gasteiger partial charge on any atom is 0.338 e. The van der Waals surface area contributed by atoms with Gasteiger partial charge in [0.25, 0.3) is 0 Å². The number of carbonyl (C=O) groups is 5. The fourth-order valence-electron chi connectivity index (χ4n) is 3.19. The summed E-state index contributed by atoms with van der Waals surface area (Å²) in [6, 6.07) is 17.8. The smallest absolute Gasteiger partial charge is 0.338 e. The minimum Gasteiger partial charge on any atom is -0.462 e. The standard InChI is InChI=1S/C27H27N5O7/c1-3-38-27(37)19-9-11-20(12-10-19)31-24(34)23(33)28-15-21-13-14-22(39-21)16-29-32-26(36)25(35)30-17(2)18-7-5-4-6-8-18/h4-14,16-17H,3,15H2,1-2H3,(H,28,33)(H,30,35)(H,31,34)(H,32,36)/b29-16+/t17-/m1/s1. The molecule has 0 saturated carbocycles. The summed E-state index contributed by atoms with van der Waals surface area (Å²) in [6.45, 7) is 3.60. The molecule has 0 radical (unpaired) electrons. The van der Waals surface area contributed by atoms with Gasteiger partial charge in [-0.25, -0.2) is 10.2 Å². The average Bonchev–Trinajstić information content (AvgIpc) is 3.40. The number of carbonyl (C=O) groups excluding carboxylic acids is 5. The van der Waals surface area contributed by atoms with E-state index in [9.17, 15) is 24.0 Å². The van der Waals surface area contributed by atoms with Gasteiger partial charge in [-0.1, -0.05) is 30.3 Å². The molecule has 0 aliphatic carbocycles. The molecule has 4 N–H and O–H groups in total. The van der Waals surface area contributed by atoms with E-state index in [0.29, 0.717) is 17.0 Å². The van der Waals surface area contributed by atoms with Crippen LogP contribution in [0.15, 0.2) is 76.2 Å². The molecule has 0 fully saturated rings. The van der Waals surface area contributed by atoms with Crippen LogP contribution in [-0.4, -0.2) is 42.4 Å². The number of hydrogen-bond donors (Lipinski definition) is 4. The van der Waals surface area contributed by atoms with Crippen molar-refractivity contribution in [3.05, 3.63) is 89.4 Å². The molecule has 39 heavy (non-hydrogen) atoms. The summed E-state index contributed by atoms with van der Waals surface area (Å²) in [7, 11) is 0. The number of esters is 1. The van der Waals surface area contributed by atoms with Crippen LogP contribution >= 0.6 is 0 Å². The minimum atomic E-state index is -0.949. The summed E-state index contributed by atoms with van der Waals surface area (Å²) >= 11 is 0. The lowest BCUT2D eigenvalue weighted by molar-refractivity contribution is -0.139. The van der Waals surface area contributed by atoms with E-state index in [1.54, 1.807) is 19.9 Å². The summed E-state index contributed by atoms with van der Waals surface area (Å²) in [5.74, 6) is -3.54. The lowest BCUT2D eigenvalue weighted by atomic mass is 10.1. The van der Waals surface area contributed by atoms with Crippen LogP contribution in [0.2, 0.25) is 0 Å². The second kappa shape index (κ2) is 13.9. The van der Waals surface area contributed by atoms with Crippen molar-refractivity contribution in [3.63, 3.8) is 0 Å². The SMILES string of the molecule is CCOC(=O)c1ccc(NC(=O)C(=O)NCc2ccc(/C=N/NC(=O)C(=O)N[C@H](C)c3ccccc3)o2)cc1. The Hall–Kier alpha value is -5.26. The van der Waals surface area contributed by atoms with Gasteiger partial charge in [0.05, 0.1) is 31.0 Å². The average molecular weight is 534 g/mol. The van der Waals surface area contributed by atoms with E-state index in [-0.39, 0.29) is 25.0 Å². The lowest BCUT2D eigenvalue weighted by Crippen LogP contribution is -2.39. The van der Waals surface area contributed by atoms with Crippen LogP contribution in [0.1, 0.15) is 47.3 Å². The van der Waals surface area contributed by atoms with Gasteiger partial charge in [-0.15, -0.1) is 0 Å². The van der Waals surface area contributed by atoms with Crippen LogP contribution in [-0.2, 0) is 30.5 Å². The number of nitrogens with one attached hydrogen (secondary N) is 4. The van der Waals surface area contributed by atoms with Crippen molar-refractivity contribution in [2.24, 2.45) is 5.10 Å². The summed E-state index contributed by atoms with van der Waals surface area (Å²) in [6.07, 6.45) is 1.18. The van der Waals surface area contributed by atoms with Crippen molar-refractivity contribution in [2.45, 2.75) is 26.4 Å². The van der Waals surface area contributed by atoms with E-state index < -0.39 is 29.6 Å². The van der Waals surface area contributed by atoms with Crippen LogP contribution in [0.3, 0.4) is 0 Å². The molecule has 202 valence electrons. The molecule has 1 heterocycles. The number of nitrogens with zero attached hydrogens (tertiary/aromatic N) is 1. The molecule has 0 saturated heterocycles. The Bertz CT molecular complexity index is 1350. The van der Waals surface area contributed by atoms with Crippen molar-refractivity contribution >= 4 is 41.5 Å². The van der Waals surface area contributed by atoms with Crippen LogP contribution in [0.4, 0.5) is 5.69 Å². The highest BCUT2D eigenvalue weighted by Gasteiger charge is 2.17. The first-order chi connectivity index (χ1) is 18.8. The lowest BCUT2D eigenvalue weighted by Gasteiger charge is -2.13. The third-order valence-electron chi connectivity index (χ3n) is 5.18. The van der Waals surface area contributed by atoms with Gasteiger partial charge in [0.1, 0.15) is 11.5 Å². The molecule has 1 atom stereocenters. The fourth-order valence-corrected chi connectivity index (χ4v) is 3.19. The number of anilines is 1. The second-order valence-corrected chi connectivity index (χ2v) is 8.04. The van der Waals surface area contributed by atoms with Crippen LogP contribution < -0.4 is 21.4 Å². The number of furan rings is 1. The van der Waals surface area contributed by atoms with Crippen molar-refractivity contribution in [1.29, 1.82) is 0 Å². The van der Waals surface area contributed by atoms with Crippen molar-refractivity contribution < 1.29 is 33.1 Å². The number of amides is 4. The molecule has 3 aromatic rings. The summed E-state index contributed by atoms with van der Waals surface area (Å²) in [5.41, 5.74) is 3.60. The van der Waals surface area contributed by atoms with Gasteiger partial charge in [0, 0.05) is 5.69 Å². The van der Waals surface area contributed by atoms with Crippen LogP contribution in [0.25, 0.3) is 0 Å². The molecule has 12 nitrogen and oxygen atoms in total. The molecule has 0 unspecified atom stereocenters. The molecule has 0 aliphatic heterocycles. The van der Waals surface area contributed by atoms with E-state index in [1.165, 1.54) is 36.5 Å². The van der Waals surface area contributed by atoms with E-state index in [0.717, 1.165) is 5.56 Å². The first-order valence-electron chi connectivity index (χ1n) is 11.9. The molecular weight excluding hydrogens is 506 g/mol. The summed E-state index contributed by atoms with van der Waals surface area (Å²) in [5, 5.41) is 11.1. The Labute approximate surface area is 223 Å². The molecule has 0 aliphatic rings. The zero-order valence-electron chi connectivity index (χ0n) is 21.2. The van der Waals surface area contributed by atoms with E-state index in [4.69, 9.17) is 9.15 Å². The van der Waals surface area contributed by atoms with E-state index in [1.807, 2.05) is 30.3 Å². The maximum atomic E-state index is 12.1. The Kier molecular flexibility index (Phi) is 10.1. The topological polar surface area (TPSA) is 168 Å². The normalized spacial score (nSPS) is 11.3. The van der Waals surface area contributed by atoms with Gasteiger partial charge in [0.2, 0.25) is 0 Å². The predicted molar refractivity (Wildman–Crippen MR) is 140 cm³/mol. The molecular formula is C27H27N5O7. The van der Waals surface area contributed by atoms with Crippen LogP contribution in [0.5, 0.6) is 0 Å². The van der Waals surface area contributed by atoms with Crippen molar-refractivity contribution in [1.82, 2.24) is 16.1 Å². The summed E-state index contributed by atoms with van der Waals surface area (Å²) < 4.78 is 10.3. The van der Waals surface area contributed by atoms with Gasteiger partial charge in [-0.05, 0) is 55.8 Å². The molecule has 1 aromatic heterocycles. The zero-order chi connectivity index (χ0) is 28.2. The predicted octanol–water partition coefficient (Wildman–Crippen LogP) is 2.04. The molecule has 12 heteroatoms. The second-order valence-electron chi connectivity index (χ2n) is 8.04. The maximum absolute atomic E-state index is 12.1. The third kappa shape index (κ3) is 8.67. The van der Waals surface area contributed by atoms with Gasteiger partial charge >= 0.3 is 29.6 Å². The Morgan fingerprint density at radius 3 is 2.31 bits per heavy atom. The Morgan fingerprint density at radius 2 is 1.62 bits per heavy atom. The highest BCUT2D eigenvalue weighted by molar-refractivity contribution is 6.39. The van der Waals surface area contributed by atoms with Gasteiger partial charge < -0.3 is 25.1 Å². The fraction of sp³-hybridized carbons (Fsp3) is 0.185. The highest BCUT2D eigenvalue weighted by Crippen LogP contribution is 2.12. The van der Waals surface area contributed by atoms with Gasteiger partial charge in [0.15, 0.2) is 0 Å². The minimum absolute atomic E-state index is 0.0893. The monoisotopic (exact) mass is 533 g/mol. The quantitative estimate of drug-likeness (QED) is 0.141. The number of hydrogen-bond acceptors (Lipinski definition) is 8.